The van der Waals surface area contributed by atoms with E-state index in [2.05, 4.69) is 28.5 Å². The van der Waals surface area contributed by atoms with Crippen LogP contribution in [0, 0.1) is 6.92 Å². The van der Waals surface area contributed by atoms with E-state index in [1.165, 1.54) is 10.9 Å². The van der Waals surface area contributed by atoms with Crippen LogP contribution in [-0.2, 0) is 0 Å². The number of benzene rings is 1. The van der Waals surface area contributed by atoms with Crippen LogP contribution in [0.2, 0.25) is 0 Å². The van der Waals surface area contributed by atoms with Gasteiger partial charge < -0.3 is 5.32 Å². The van der Waals surface area contributed by atoms with E-state index in [0.717, 1.165) is 11.2 Å². The van der Waals surface area contributed by atoms with E-state index in [1.807, 2.05) is 19.3 Å². The molecule has 3 nitrogen and oxygen atoms in total. The van der Waals surface area contributed by atoms with Crippen LogP contribution in [0.1, 0.15) is 5.56 Å². The number of nitrogens with one attached hydrogen (secondary N) is 2. The number of H-pyrrole nitrogens is 1. The van der Waals surface area contributed by atoms with Crippen LogP contribution < -0.4 is 5.32 Å². The minimum atomic E-state index is 1.09. The summed E-state index contributed by atoms with van der Waals surface area (Å²) in [6.07, 6.45) is 1.85. The van der Waals surface area contributed by atoms with Crippen molar-refractivity contribution in [2.45, 2.75) is 6.92 Å². The van der Waals surface area contributed by atoms with Crippen LogP contribution in [-0.4, -0.2) is 17.2 Å². The molecule has 1 aromatic carbocycles. The quantitative estimate of drug-likeness (QED) is 0.670. The highest BCUT2D eigenvalue weighted by Gasteiger charge is 2.02. The third kappa shape index (κ3) is 0.863. The minimum absolute atomic E-state index is 1.09. The highest BCUT2D eigenvalue weighted by molar-refractivity contribution is 5.86. The Kier molecular flexibility index (Phi) is 1.50. The maximum Gasteiger partial charge on any atom is 0.0654 e. The summed E-state index contributed by atoms with van der Waals surface area (Å²) in [6.45, 7) is 2.09. The van der Waals surface area contributed by atoms with Gasteiger partial charge in [0.1, 0.15) is 0 Å². The van der Waals surface area contributed by atoms with E-state index in [9.17, 15) is 0 Å². The van der Waals surface area contributed by atoms with Gasteiger partial charge in [0.05, 0.1) is 11.7 Å². The molecule has 2 rings (SSSR count). The van der Waals surface area contributed by atoms with Gasteiger partial charge in [-0.3, -0.25) is 5.10 Å². The van der Waals surface area contributed by atoms with E-state index >= 15 is 0 Å². The molecule has 0 spiro atoms. The molecule has 0 aliphatic heterocycles. The summed E-state index contributed by atoms with van der Waals surface area (Å²) in [5.41, 5.74) is 3.49. The summed E-state index contributed by atoms with van der Waals surface area (Å²) in [5.74, 6) is 0. The van der Waals surface area contributed by atoms with E-state index in [4.69, 9.17) is 0 Å². The number of rotatable bonds is 1. The molecule has 2 N–H and O–H groups in total. The molecule has 0 atom stereocenters. The van der Waals surface area contributed by atoms with Crippen molar-refractivity contribution in [1.29, 1.82) is 0 Å². The number of hydrogen-bond acceptors (Lipinski definition) is 2. The maximum absolute atomic E-state index is 3.98. The van der Waals surface area contributed by atoms with Gasteiger partial charge in [0, 0.05) is 18.1 Å². The first-order chi connectivity index (χ1) is 5.83. The third-order valence-electron chi connectivity index (χ3n) is 2.16. The monoisotopic (exact) mass is 161 g/mol. The van der Waals surface area contributed by atoms with Crippen molar-refractivity contribution in [3.05, 3.63) is 23.9 Å². The second kappa shape index (κ2) is 2.52. The Morgan fingerprint density at radius 2 is 2.25 bits per heavy atom. The summed E-state index contributed by atoms with van der Waals surface area (Å²) in [5, 5.41) is 11.2. The van der Waals surface area contributed by atoms with Gasteiger partial charge in [0.25, 0.3) is 0 Å². The fourth-order valence-electron chi connectivity index (χ4n) is 1.43. The Labute approximate surface area is 70.8 Å². The molecule has 62 valence electrons. The van der Waals surface area contributed by atoms with Gasteiger partial charge in [-0.05, 0) is 24.6 Å². The van der Waals surface area contributed by atoms with Crippen LogP contribution in [0.5, 0.6) is 0 Å². The summed E-state index contributed by atoms with van der Waals surface area (Å²) >= 11 is 0. The highest BCUT2D eigenvalue weighted by atomic mass is 15.1. The molecule has 12 heavy (non-hydrogen) atoms. The molecule has 0 saturated heterocycles. The highest BCUT2D eigenvalue weighted by Crippen LogP contribution is 2.22. The Morgan fingerprint density at radius 3 is 3.00 bits per heavy atom. The van der Waals surface area contributed by atoms with Crippen LogP contribution in [0.25, 0.3) is 10.9 Å². The zero-order chi connectivity index (χ0) is 8.55. The predicted molar refractivity (Wildman–Crippen MR) is 50.4 cm³/mol. The second-order valence-electron chi connectivity index (χ2n) is 2.82. The number of aromatic amines is 1. The molecule has 1 heterocycles. The maximum atomic E-state index is 3.98. The van der Waals surface area contributed by atoms with Crippen LogP contribution in [0.15, 0.2) is 18.3 Å². The van der Waals surface area contributed by atoms with Crippen molar-refractivity contribution in [1.82, 2.24) is 10.2 Å². The fraction of sp³-hybridized carbons (Fsp3) is 0.222. The van der Waals surface area contributed by atoms with Gasteiger partial charge in [0.15, 0.2) is 0 Å². The molecule has 0 aliphatic carbocycles. The van der Waals surface area contributed by atoms with Gasteiger partial charge >= 0.3 is 0 Å². The first kappa shape index (κ1) is 7.16. The summed E-state index contributed by atoms with van der Waals surface area (Å²) in [4.78, 5) is 0. The lowest BCUT2D eigenvalue weighted by molar-refractivity contribution is 1.12. The van der Waals surface area contributed by atoms with Crippen LogP contribution in [0.3, 0.4) is 0 Å². The van der Waals surface area contributed by atoms with Crippen molar-refractivity contribution in [2.24, 2.45) is 0 Å². The van der Waals surface area contributed by atoms with E-state index in [1.54, 1.807) is 0 Å². The van der Waals surface area contributed by atoms with Crippen molar-refractivity contribution in [3.63, 3.8) is 0 Å². The number of anilines is 1. The molecule has 2 aromatic rings. The van der Waals surface area contributed by atoms with Gasteiger partial charge in [-0.25, -0.2) is 0 Å². The lowest BCUT2D eigenvalue weighted by Gasteiger charge is -2.04. The van der Waals surface area contributed by atoms with E-state index in [-0.39, 0.29) is 0 Å². The average Bonchev–Trinajstić information content (AvgIpc) is 2.53. The molecule has 0 aliphatic rings. The number of aryl methyl sites for hydroxylation is 1. The third-order valence-corrected chi connectivity index (χ3v) is 2.16. The van der Waals surface area contributed by atoms with Gasteiger partial charge in [-0.15, -0.1) is 0 Å². The van der Waals surface area contributed by atoms with Crippen molar-refractivity contribution < 1.29 is 0 Å². The number of nitrogens with zero attached hydrogens (tertiary/aromatic N) is 1. The molecular formula is C9H11N3. The Bertz CT molecular complexity index is 403. The van der Waals surface area contributed by atoms with Crippen molar-refractivity contribution in [2.75, 3.05) is 12.4 Å². The van der Waals surface area contributed by atoms with Crippen molar-refractivity contribution >= 4 is 16.6 Å². The van der Waals surface area contributed by atoms with Gasteiger partial charge in [-0.1, -0.05) is 0 Å². The summed E-state index contributed by atoms with van der Waals surface area (Å²) < 4.78 is 0. The van der Waals surface area contributed by atoms with Crippen LogP contribution >= 0.6 is 0 Å². The topological polar surface area (TPSA) is 40.7 Å². The van der Waals surface area contributed by atoms with Gasteiger partial charge in [-0.2, -0.15) is 5.10 Å². The SMILES string of the molecule is CNc1ccc2[nH]ncc2c1C. The minimum Gasteiger partial charge on any atom is -0.388 e. The lowest BCUT2D eigenvalue weighted by atomic mass is 10.1. The molecule has 0 radical (unpaired) electrons. The molecule has 0 saturated carbocycles. The first-order valence-corrected chi connectivity index (χ1v) is 3.93. The first-order valence-electron chi connectivity index (χ1n) is 3.93. The second-order valence-corrected chi connectivity index (χ2v) is 2.82. The number of fused-ring (bicyclic) bond motifs is 1. The summed E-state index contributed by atoms with van der Waals surface area (Å²) in [7, 11) is 1.92. The molecule has 0 unspecified atom stereocenters. The predicted octanol–water partition coefficient (Wildman–Crippen LogP) is 1.91. The molecular weight excluding hydrogens is 150 g/mol. The largest absolute Gasteiger partial charge is 0.388 e. The molecule has 3 heteroatoms. The Balaban J connectivity index is 2.78. The summed E-state index contributed by atoms with van der Waals surface area (Å²) in [6, 6.07) is 4.08. The zero-order valence-electron chi connectivity index (χ0n) is 7.18. The Morgan fingerprint density at radius 1 is 1.42 bits per heavy atom. The van der Waals surface area contributed by atoms with E-state index in [0.29, 0.717) is 0 Å². The smallest absolute Gasteiger partial charge is 0.0654 e. The number of hydrogen-bond donors (Lipinski definition) is 2. The Hall–Kier alpha value is -1.51. The standard InChI is InChI=1S/C9H11N3/c1-6-7-5-11-12-9(7)4-3-8(6)10-2/h3-5,10H,1-2H3,(H,11,12). The van der Waals surface area contributed by atoms with Crippen molar-refractivity contribution in [3.8, 4) is 0 Å². The molecule has 0 fully saturated rings. The lowest BCUT2D eigenvalue weighted by Crippen LogP contribution is -1.90. The van der Waals surface area contributed by atoms with E-state index < -0.39 is 0 Å². The van der Waals surface area contributed by atoms with Crippen LogP contribution in [0.4, 0.5) is 5.69 Å². The molecule has 0 amide bonds. The molecule has 0 bridgehead atoms. The zero-order valence-corrected chi connectivity index (χ0v) is 7.18. The molecule has 1 aromatic heterocycles. The number of aromatic nitrogens is 2. The average molecular weight is 161 g/mol. The normalized spacial score (nSPS) is 10.5. The van der Waals surface area contributed by atoms with Gasteiger partial charge in [0.2, 0.25) is 0 Å². The fourth-order valence-corrected chi connectivity index (χ4v) is 1.43.